The maximum Gasteiger partial charge on any atom is 0.00964 e. The molecule has 114 valence electrons. The van der Waals surface area contributed by atoms with Crippen molar-refractivity contribution < 1.29 is 0 Å². The molecule has 0 saturated heterocycles. The molecule has 0 aromatic heterocycles. The molecular weight excluding hydrogens is 232 g/mol. The highest BCUT2D eigenvalue weighted by Gasteiger charge is 2.28. The highest BCUT2D eigenvalue weighted by atomic mass is 15.2. The zero-order valence-electron chi connectivity index (χ0n) is 13.5. The van der Waals surface area contributed by atoms with E-state index in [1.54, 1.807) is 0 Å². The second-order valence-electron chi connectivity index (χ2n) is 6.82. The third-order valence-corrected chi connectivity index (χ3v) is 4.39. The summed E-state index contributed by atoms with van der Waals surface area (Å²) in [5.41, 5.74) is 5.72. The van der Waals surface area contributed by atoms with Crippen molar-refractivity contribution in [3.05, 3.63) is 0 Å². The minimum atomic E-state index is 0.839. The van der Waals surface area contributed by atoms with E-state index in [-0.39, 0.29) is 0 Å². The zero-order valence-corrected chi connectivity index (χ0v) is 13.5. The van der Waals surface area contributed by atoms with Crippen LogP contribution in [0.5, 0.6) is 0 Å². The molecule has 0 heterocycles. The van der Waals surface area contributed by atoms with Gasteiger partial charge in [-0.2, -0.15) is 0 Å². The van der Waals surface area contributed by atoms with E-state index >= 15 is 0 Å². The molecule has 1 atom stereocenters. The Kier molecular flexibility index (Phi) is 8.72. The summed E-state index contributed by atoms with van der Waals surface area (Å²) in [6.45, 7) is 10.5. The van der Waals surface area contributed by atoms with Crippen LogP contribution in [0.2, 0.25) is 0 Å². The fraction of sp³-hybridized carbons (Fsp3) is 1.00. The number of nitrogens with two attached hydrogens (primary N) is 1. The minimum Gasteiger partial charge on any atom is -0.330 e. The van der Waals surface area contributed by atoms with E-state index in [0.717, 1.165) is 24.4 Å². The maximum atomic E-state index is 5.72. The molecule has 0 aliphatic heterocycles. The Morgan fingerprint density at radius 1 is 1.05 bits per heavy atom. The second kappa shape index (κ2) is 9.77. The van der Waals surface area contributed by atoms with Gasteiger partial charge in [0.05, 0.1) is 0 Å². The lowest BCUT2D eigenvalue weighted by Crippen LogP contribution is -2.29. The van der Waals surface area contributed by atoms with E-state index < -0.39 is 0 Å². The fourth-order valence-corrected chi connectivity index (χ4v) is 3.00. The number of rotatable bonds is 12. The van der Waals surface area contributed by atoms with Gasteiger partial charge < -0.3 is 10.6 Å². The molecule has 0 amide bonds. The molecule has 0 aromatic carbocycles. The van der Waals surface area contributed by atoms with Crippen LogP contribution in [-0.4, -0.2) is 30.6 Å². The second-order valence-corrected chi connectivity index (χ2v) is 6.82. The molecule has 0 bridgehead atoms. The lowest BCUT2D eigenvalue weighted by atomic mass is 9.94. The largest absolute Gasteiger partial charge is 0.330 e. The lowest BCUT2D eigenvalue weighted by molar-refractivity contribution is 0.234. The average molecular weight is 268 g/mol. The lowest BCUT2D eigenvalue weighted by Gasteiger charge is -2.24. The summed E-state index contributed by atoms with van der Waals surface area (Å²) in [6.07, 6.45) is 10.9. The first-order valence-corrected chi connectivity index (χ1v) is 8.61. The summed E-state index contributed by atoms with van der Waals surface area (Å²) in [5, 5.41) is 0. The maximum absolute atomic E-state index is 5.72. The summed E-state index contributed by atoms with van der Waals surface area (Å²) in [4.78, 5) is 2.76. The van der Waals surface area contributed by atoms with Gasteiger partial charge in [0.15, 0.2) is 0 Å². The standard InChI is InChI=1S/C17H36N2/c1-4-6-16(10-12-18)7-5-13-19(17-8-9-17)14-11-15(2)3/h15-17H,4-14,18H2,1-3H3. The van der Waals surface area contributed by atoms with Crippen LogP contribution in [0.25, 0.3) is 0 Å². The molecule has 1 aliphatic carbocycles. The monoisotopic (exact) mass is 268 g/mol. The first kappa shape index (κ1) is 17.0. The van der Waals surface area contributed by atoms with Crippen molar-refractivity contribution in [1.82, 2.24) is 4.90 Å². The first-order valence-electron chi connectivity index (χ1n) is 8.61. The SMILES string of the molecule is CCCC(CCN)CCCN(CCC(C)C)C1CC1. The van der Waals surface area contributed by atoms with Gasteiger partial charge in [-0.25, -0.2) is 0 Å². The summed E-state index contributed by atoms with van der Waals surface area (Å²) in [5.74, 6) is 1.72. The van der Waals surface area contributed by atoms with Crippen LogP contribution in [0, 0.1) is 11.8 Å². The molecule has 1 aliphatic rings. The van der Waals surface area contributed by atoms with Crippen molar-refractivity contribution in [2.24, 2.45) is 17.6 Å². The van der Waals surface area contributed by atoms with Gasteiger partial charge >= 0.3 is 0 Å². The summed E-state index contributed by atoms with van der Waals surface area (Å²) >= 11 is 0. The number of nitrogens with zero attached hydrogens (tertiary/aromatic N) is 1. The van der Waals surface area contributed by atoms with Crippen molar-refractivity contribution in [3.8, 4) is 0 Å². The third kappa shape index (κ3) is 7.94. The van der Waals surface area contributed by atoms with Crippen LogP contribution in [-0.2, 0) is 0 Å². The molecular formula is C17H36N2. The molecule has 1 rings (SSSR count). The fourth-order valence-electron chi connectivity index (χ4n) is 3.00. The van der Waals surface area contributed by atoms with Crippen molar-refractivity contribution in [2.45, 2.75) is 78.2 Å². The average Bonchev–Trinajstić information content (AvgIpc) is 3.17. The van der Waals surface area contributed by atoms with Gasteiger partial charge in [0.25, 0.3) is 0 Å². The Hall–Kier alpha value is -0.0800. The van der Waals surface area contributed by atoms with E-state index in [4.69, 9.17) is 5.73 Å². The Balaban J connectivity index is 2.19. The van der Waals surface area contributed by atoms with Crippen LogP contribution < -0.4 is 5.73 Å². The van der Waals surface area contributed by atoms with E-state index in [0.29, 0.717) is 0 Å². The Morgan fingerprint density at radius 3 is 2.32 bits per heavy atom. The summed E-state index contributed by atoms with van der Waals surface area (Å²) in [7, 11) is 0. The van der Waals surface area contributed by atoms with Crippen molar-refractivity contribution in [1.29, 1.82) is 0 Å². The molecule has 0 spiro atoms. The van der Waals surface area contributed by atoms with Crippen molar-refractivity contribution in [2.75, 3.05) is 19.6 Å². The third-order valence-electron chi connectivity index (χ3n) is 4.39. The Morgan fingerprint density at radius 2 is 1.79 bits per heavy atom. The van der Waals surface area contributed by atoms with Crippen LogP contribution >= 0.6 is 0 Å². The molecule has 19 heavy (non-hydrogen) atoms. The number of hydrogen-bond donors (Lipinski definition) is 1. The summed E-state index contributed by atoms with van der Waals surface area (Å²) in [6, 6.07) is 0.929. The first-order chi connectivity index (χ1) is 9.17. The van der Waals surface area contributed by atoms with Crippen molar-refractivity contribution >= 4 is 0 Å². The van der Waals surface area contributed by atoms with Gasteiger partial charge in [0.1, 0.15) is 0 Å². The van der Waals surface area contributed by atoms with Gasteiger partial charge in [-0.05, 0) is 70.0 Å². The van der Waals surface area contributed by atoms with Gasteiger partial charge in [0, 0.05) is 6.04 Å². The van der Waals surface area contributed by atoms with Gasteiger partial charge in [-0.1, -0.05) is 33.6 Å². The smallest absolute Gasteiger partial charge is 0.00964 e. The molecule has 2 N–H and O–H groups in total. The molecule has 2 heteroatoms. The van der Waals surface area contributed by atoms with Gasteiger partial charge in [-0.3, -0.25) is 0 Å². The van der Waals surface area contributed by atoms with Gasteiger partial charge in [-0.15, -0.1) is 0 Å². The quantitative estimate of drug-likeness (QED) is 0.579. The van der Waals surface area contributed by atoms with Crippen LogP contribution in [0.4, 0.5) is 0 Å². The van der Waals surface area contributed by atoms with E-state index in [1.807, 2.05) is 0 Å². The highest BCUT2D eigenvalue weighted by Crippen LogP contribution is 2.28. The molecule has 2 nitrogen and oxygen atoms in total. The molecule has 1 saturated carbocycles. The van der Waals surface area contributed by atoms with E-state index in [1.165, 1.54) is 64.5 Å². The predicted octanol–water partition coefficient (Wildman–Crippen LogP) is 4.04. The van der Waals surface area contributed by atoms with Gasteiger partial charge in [0.2, 0.25) is 0 Å². The Labute approximate surface area is 121 Å². The van der Waals surface area contributed by atoms with Crippen LogP contribution in [0.15, 0.2) is 0 Å². The van der Waals surface area contributed by atoms with E-state index in [9.17, 15) is 0 Å². The number of hydrogen-bond acceptors (Lipinski definition) is 2. The molecule has 0 aromatic rings. The van der Waals surface area contributed by atoms with Crippen LogP contribution in [0.1, 0.15) is 72.1 Å². The summed E-state index contributed by atoms with van der Waals surface area (Å²) < 4.78 is 0. The minimum absolute atomic E-state index is 0.839. The normalized spacial score (nSPS) is 17.4. The molecule has 0 radical (unpaired) electrons. The van der Waals surface area contributed by atoms with E-state index in [2.05, 4.69) is 25.7 Å². The van der Waals surface area contributed by atoms with Crippen LogP contribution in [0.3, 0.4) is 0 Å². The zero-order chi connectivity index (χ0) is 14.1. The Bertz CT molecular complexity index is 205. The topological polar surface area (TPSA) is 29.3 Å². The van der Waals surface area contributed by atoms with Crippen molar-refractivity contribution in [3.63, 3.8) is 0 Å². The highest BCUT2D eigenvalue weighted by molar-refractivity contribution is 4.84. The predicted molar refractivity (Wildman–Crippen MR) is 85.4 cm³/mol. The molecule has 1 unspecified atom stereocenters. The molecule has 1 fully saturated rings.